The van der Waals surface area contributed by atoms with Crippen LogP contribution in [0.5, 0.6) is 0 Å². The van der Waals surface area contributed by atoms with Gasteiger partial charge in [-0.25, -0.2) is 4.68 Å². The summed E-state index contributed by atoms with van der Waals surface area (Å²) in [5, 5.41) is 10.9. The summed E-state index contributed by atoms with van der Waals surface area (Å²) in [6, 6.07) is 13.6. The summed E-state index contributed by atoms with van der Waals surface area (Å²) in [5.41, 5.74) is 2.50. The Kier molecular flexibility index (Phi) is 6.88. The number of carbonyl (C=O) groups is 2. The number of furan rings is 1. The van der Waals surface area contributed by atoms with Gasteiger partial charge in [-0.2, -0.15) is 5.10 Å². The fourth-order valence-electron chi connectivity index (χ4n) is 4.08. The lowest BCUT2D eigenvalue weighted by molar-refractivity contribution is -0.117. The van der Waals surface area contributed by atoms with Crippen LogP contribution >= 0.6 is 0 Å². The first kappa shape index (κ1) is 23.8. The third-order valence-electron chi connectivity index (χ3n) is 6.10. The fourth-order valence-corrected chi connectivity index (χ4v) is 4.08. The second-order valence-electron chi connectivity index (χ2n) is 9.92. The van der Waals surface area contributed by atoms with Crippen molar-refractivity contribution in [1.82, 2.24) is 20.0 Å². The number of likely N-dealkylation sites (tertiary alicyclic amines) is 1. The molecule has 0 saturated carbocycles. The molecule has 2 N–H and O–H groups in total. The first-order valence-electron chi connectivity index (χ1n) is 11.7. The molecule has 2 amide bonds. The van der Waals surface area contributed by atoms with Crippen LogP contribution in [0.25, 0.3) is 5.69 Å². The summed E-state index contributed by atoms with van der Waals surface area (Å²) in [6.45, 7) is 9.93. The molecule has 2 aromatic heterocycles. The highest BCUT2D eigenvalue weighted by molar-refractivity contribution is 5.93. The van der Waals surface area contributed by atoms with Gasteiger partial charge in [0.25, 0.3) is 5.91 Å². The Morgan fingerprint density at radius 1 is 1.12 bits per heavy atom. The number of aryl methyl sites for hydroxylation is 1. The van der Waals surface area contributed by atoms with Gasteiger partial charge in [-0.1, -0.05) is 39.0 Å². The summed E-state index contributed by atoms with van der Waals surface area (Å²) in [6.07, 6.45) is 3.10. The SMILES string of the molecule is Cc1ccoc1C(=O)NC1CCN(CC(=O)Nc2cc(C(C)(C)C)nn2-c2ccccc2)CC1. The minimum Gasteiger partial charge on any atom is -0.459 e. The number of nitrogens with one attached hydrogen (secondary N) is 2. The van der Waals surface area contributed by atoms with E-state index in [0.717, 1.165) is 42.9 Å². The zero-order valence-electron chi connectivity index (χ0n) is 20.3. The van der Waals surface area contributed by atoms with Gasteiger partial charge in [0, 0.05) is 36.2 Å². The topological polar surface area (TPSA) is 92.4 Å². The molecular weight excluding hydrogens is 430 g/mol. The minimum atomic E-state index is -0.178. The third-order valence-corrected chi connectivity index (χ3v) is 6.10. The Morgan fingerprint density at radius 3 is 2.44 bits per heavy atom. The van der Waals surface area contributed by atoms with Gasteiger partial charge in [-0.15, -0.1) is 0 Å². The summed E-state index contributed by atoms with van der Waals surface area (Å²) < 4.78 is 7.07. The van der Waals surface area contributed by atoms with Crippen LogP contribution in [-0.2, 0) is 10.2 Å². The van der Waals surface area contributed by atoms with Crippen molar-refractivity contribution in [2.45, 2.75) is 52.0 Å². The molecule has 1 aliphatic rings. The quantitative estimate of drug-likeness (QED) is 0.578. The van der Waals surface area contributed by atoms with Crippen molar-refractivity contribution >= 4 is 17.6 Å². The summed E-state index contributed by atoms with van der Waals surface area (Å²) in [7, 11) is 0. The van der Waals surface area contributed by atoms with Gasteiger partial charge in [0.1, 0.15) is 5.82 Å². The smallest absolute Gasteiger partial charge is 0.287 e. The average molecular weight is 464 g/mol. The molecule has 0 radical (unpaired) electrons. The summed E-state index contributed by atoms with van der Waals surface area (Å²) >= 11 is 0. The molecule has 1 saturated heterocycles. The van der Waals surface area contributed by atoms with Crippen LogP contribution in [0.15, 0.2) is 53.1 Å². The van der Waals surface area contributed by atoms with E-state index in [1.165, 1.54) is 6.26 Å². The van der Waals surface area contributed by atoms with Gasteiger partial charge in [-0.3, -0.25) is 14.5 Å². The highest BCUT2D eigenvalue weighted by Gasteiger charge is 2.25. The Morgan fingerprint density at radius 2 is 1.82 bits per heavy atom. The second-order valence-corrected chi connectivity index (χ2v) is 9.92. The molecule has 0 spiro atoms. The lowest BCUT2D eigenvalue weighted by atomic mass is 9.92. The molecular formula is C26H33N5O3. The molecule has 0 unspecified atom stereocenters. The molecule has 1 fully saturated rings. The predicted octanol–water partition coefficient (Wildman–Crippen LogP) is 3.90. The van der Waals surface area contributed by atoms with Crippen LogP contribution in [0.1, 0.15) is 55.4 Å². The van der Waals surface area contributed by atoms with E-state index in [2.05, 4.69) is 36.3 Å². The average Bonchev–Trinajstić information content (AvgIpc) is 3.42. The second kappa shape index (κ2) is 9.85. The standard InChI is InChI=1S/C26H33N5O3/c1-18-12-15-34-24(18)25(33)27-19-10-13-30(14-11-19)17-23(32)28-22-16-21(26(2,3)4)29-31(22)20-8-6-5-7-9-20/h5-9,12,15-16,19H,10-11,13-14,17H2,1-4H3,(H,27,33)(H,28,32). The fraction of sp³-hybridized carbons (Fsp3) is 0.423. The van der Waals surface area contributed by atoms with Gasteiger partial charge in [0.05, 0.1) is 24.2 Å². The first-order valence-corrected chi connectivity index (χ1v) is 11.7. The number of amides is 2. The summed E-state index contributed by atoms with van der Waals surface area (Å²) in [4.78, 5) is 27.4. The van der Waals surface area contributed by atoms with Gasteiger partial charge in [-0.05, 0) is 38.0 Å². The largest absolute Gasteiger partial charge is 0.459 e. The lowest BCUT2D eigenvalue weighted by Gasteiger charge is -2.31. The maximum atomic E-state index is 12.9. The number of hydrogen-bond donors (Lipinski definition) is 2. The van der Waals surface area contributed by atoms with Gasteiger partial charge < -0.3 is 15.1 Å². The Bertz CT molecular complexity index is 1130. The molecule has 8 nitrogen and oxygen atoms in total. The van der Waals surface area contributed by atoms with Gasteiger partial charge in [0.2, 0.25) is 5.91 Å². The van der Waals surface area contributed by atoms with Crippen molar-refractivity contribution in [3.63, 3.8) is 0 Å². The maximum absolute atomic E-state index is 12.9. The van der Waals surface area contributed by atoms with Gasteiger partial charge >= 0.3 is 0 Å². The first-order chi connectivity index (χ1) is 16.2. The van der Waals surface area contributed by atoms with Crippen molar-refractivity contribution in [2.24, 2.45) is 0 Å². The van der Waals surface area contributed by atoms with Crippen LogP contribution < -0.4 is 10.6 Å². The van der Waals surface area contributed by atoms with Crippen molar-refractivity contribution in [1.29, 1.82) is 0 Å². The number of piperidine rings is 1. The van der Waals surface area contributed by atoms with Crippen LogP contribution in [0.3, 0.4) is 0 Å². The molecule has 0 bridgehead atoms. The molecule has 4 rings (SSSR count). The highest BCUT2D eigenvalue weighted by atomic mass is 16.3. The molecule has 180 valence electrons. The monoisotopic (exact) mass is 463 g/mol. The van der Waals surface area contributed by atoms with Crippen LogP contribution in [0.2, 0.25) is 0 Å². The number of nitrogens with zero attached hydrogens (tertiary/aromatic N) is 3. The van der Waals surface area contributed by atoms with Crippen LogP contribution in [-0.4, -0.2) is 52.2 Å². The molecule has 34 heavy (non-hydrogen) atoms. The van der Waals surface area contributed by atoms with E-state index in [-0.39, 0.29) is 23.3 Å². The zero-order valence-corrected chi connectivity index (χ0v) is 20.3. The summed E-state index contributed by atoms with van der Waals surface area (Å²) in [5.74, 6) is 0.775. The highest BCUT2D eigenvalue weighted by Crippen LogP contribution is 2.26. The van der Waals surface area contributed by atoms with E-state index in [4.69, 9.17) is 9.52 Å². The van der Waals surface area contributed by atoms with Crippen molar-refractivity contribution in [3.8, 4) is 5.69 Å². The number of aromatic nitrogens is 2. The Balaban J connectivity index is 1.34. The van der Waals surface area contributed by atoms with Crippen LogP contribution in [0.4, 0.5) is 5.82 Å². The molecule has 3 aromatic rings. The number of benzene rings is 1. The van der Waals surface area contributed by atoms with E-state index in [9.17, 15) is 9.59 Å². The number of hydrogen-bond acceptors (Lipinski definition) is 5. The minimum absolute atomic E-state index is 0.0742. The molecule has 1 aromatic carbocycles. The molecule has 0 atom stereocenters. The Hall–Kier alpha value is -3.39. The Labute approximate surface area is 200 Å². The van der Waals surface area contributed by atoms with E-state index in [0.29, 0.717) is 18.1 Å². The zero-order chi connectivity index (χ0) is 24.3. The molecule has 0 aliphatic carbocycles. The molecule has 1 aliphatic heterocycles. The van der Waals surface area contributed by atoms with E-state index < -0.39 is 0 Å². The lowest BCUT2D eigenvalue weighted by Crippen LogP contribution is -2.46. The number of rotatable bonds is 6. The van der Waals surface area contributed by atoms with Crippen LogP contribution in [0, 0.1) is 6.92 Å². The number of anilines is 1. The van der Waals surface area contributed by atoms with Crippen molar-refractivity contribution < 1.29 is 14.0 Å². The number of carbonyl (C=O) groups excluding carboxylic acids is 2. The molecule has 3 heterocycles. The predicted molar refractivity (Wildman–Crippen MR) is 131 cm³/mol. The molecule has 8 heteroatoms. The van der Waals surface area contributed by atoms with Crippen molar-refractivity contribution in [3.05, 3.63) is 65.7 Å². The van der Waals surface area contributed by atoms with E-state index in [1.54, 1.807) is 10.7 Å². The van der Waals surface area contributed by atoms with E-state index in [1.807, 2.05) is 43.3 Å². The third kappa shape index (κ3) is 5.56. The number of para-hydroxylation sites is 1. The maximum Gasteiger partial charge on any atom is 0.287 e. The van der Waals surface area contributed by atoms with E-state index >= 15 is 0 Å². The van der Waals surface area contributed by atoms with Crippen molar-refractivity contribution in [2.75, 3.05) is 25.0 Å². The normalized spacial score (nSPS) is 15.3. The van der Waals surface area contributed by atoms with Gasteiger partial charge in [0.15, 0.2) is 5.76 Å².